The number of aromatic nitrogens is 8. The summed E-state index contributed by atoms with van der Waals surface area (Å²) in [6, 6.07) is 0. The van der Waals surface area contributed by atoms with Gasteiger partial charge in [-0.05, 0) is 0 Å². The Morgan fingerprint density at radius 2 is 1.88 bits per heavy atom. The zero-order chi connectivity index (χ0) is 29.2. The molecule has 2 aliphatic rings. The summed E-state index contributed by atoms with van der Waals surface area (Å²) in [4.78, 5) is 34.7. The Kier molecular flexibility index (Phi) is 7.22. The van der Waals surface area contributed by atoms with E-state index in [0.717, 1.165) is 11.8 Å². The standard InChI is InChI=1S/C20H24FN10O7PS2/c21-8-11(33)6(38-18(8)30-4-26-9-14(22)24-3-25-15(9)30)2-37-39(36,40)13-12(34)7(1-32)41-19(13)31-5-27-10-16(31)28-20(23)29-17(10)35/h3-8,11-13,18-19,32-34H,1-2H2,(H,36,40)(H2,22,24,25)(H3,23,28,29,35)/t6-,7-,8+,11-,12-,13-,18-,19?,39-/m1/s1. The lowest BCUT2D eigenvalue weighted by molar-refractivity contribution is -0.0408. The van der Waals surface area contributed by atoms with E-state index in [9.17, 15) is 24.7 Å². The number of nitrogens with two attached hydrogens (primary N) is 2. The Morgan fingerprint density at radius 1 is 1.15 bits per heavy atom. The molecule has 4 aromatic heterocycles. The number of alkyl halides is 1. The minimum absolute atomic E-state index is 0.0445. The molecule has 41 heavy (non-hydrogen) atoms. The normalized spacial score (nSPS) is 31.7. The number of nitrogens with zero attached hydrogens (tertiary/aromatic N) is 7. The van der Waals surface area contributed by atoms with Gasteiger partial charge in [0.1, 0.15) is 29.7 Å². The molecule has 0 radical (unpaired) electrons. The maximum atomic E-state index is 15.2. The van der Waals surface area contributed by atoms with Crippen LogP contribution in [0.4, 0.5) is 16.2 Å². The average molecular weight is 631 g/mol. The number of aliphatic hydroxyl groups is 3. The van der Waals surface area contributed by atoms with Crippen molar-refractivity contribution in [3.8, 4) is 0 Å². The van der Waals surface area contributed by atoms with Crippen molar-refractivity contribution in [2.24, 2.45) is 0 Å². The van der Waals surface area contributed by atoms with Gasteiger partial charge in [0.2, 0.25) is 5.95 Å². The summed E-state index contributed by atoms with van der Waals surface area (Å²) in [5.74, 6) is -0.105. The van der Waals surface area contributed by atoms with Crippen LogP contribution in [0, 0.1) is 0 Å². The van der Waals surface area contributed by atoms with E-state index < -0.39 is 72.3 Å². The maximum absolute atomic E-state index is 15.2. The highest BCUT2D eigenvalue weighted by molar-refractivity contribution is 8.46. The number of halogens is 1. The molecule has 0 aliphatic carbocycles. The van der Waals surface area contributed by atoms with E-state index in [1.807, 2.05) is 0 Å². The molecule has 0 bridgehead atoms. The Hall–Kier alpha value is -2.84. The smallest absolute Gasteiger partial charge is 0.280 e. The van der Waals surface area contributed by atoms with Crippen molar-refractivity contribution in [1.82, 2.24) is 39.0 Å². The highest BCUT2D eigenvalue weighted by Crippen LogP contribution is 2.66. The van der Waals surface area contributed by atoms with Crippen molar-refractivity contribution in [2.75, 3.05) is 24.7 Å². The summed E-state index contributed by atoms with van der Waals surface area (Å²) >= 11 is 5.32. The van der Waals surface area contributed by atoms with E-state index >= 15 is 4.39 Å². The van der Waals surface area contributed by atoms with Gasteiger partial charge < -0.3 is 40.6 Å². The van der Waals surface area contributed by atoms with Gasteiger partial charge >= 0.3 is 0 Å². The molecule has 6 heterocycles. The second-order valence-corrected chi connectivity index (χ2v) is 14.5. The molecule has 220 valence electrons. The molecule has 21 heteroatoms. The van der Waals surface area contributed by atoms with Crippen molar-refractivity contribution in [1.29, 1.82) is 0 Å². The number of imidazole rings is 2. The topological polar surface area (TPSA) is 255 Å². The van der Waals surface area contributed by atoms with Crippen LogP contribution in [-0.4, -0.2) is 103 Å². The Morgan fingerprint density at radius 3 is 2.63 bits per heavy atom. The molecule has 8 N–H and O–H groups in total. The molecule has 6 rings (SSSR count). The van der Waals surface area contributed by atoms with E-state index in [-0.39, 0.29) is 34.1 Å². The molecule has 2 aliphatic heterocycles. The van der Waals surface area contributed by atoms with Gasteiger partial charge in [-0.15, -0.1) is 11.8 Å². The SMILES string of the molecule is Nc1nc2c(ncn2C2S[C@H](CO)[C@@H](O)[C@H]2[P@](=O)(S)OC[C@H]2O[C@@H](n3cnc4c(N)ncnc43)[C@@H](F)[C@@H]2O)c(=O)[nH]1. The fourth-order valence-corrected chi connectivity index (χ4v) is 10.0. The van der Waals surface area contributed by atoms with Crippen LogP contribution in [0.25, 0.3) is 22.3 Å². The first kappa shape index (κ1) is 28.3. The predicted octanol–water partition coefficient (Wildman–Crippen LogP) is -0.804. The molecule has 0 spiro atoms. The third kappa shape index (κ3) is 4.67. The van der Waals surface area contributed by atoms with Crippen LogP contribution >= 0.6 is 30.6 Å². The number of hydrogen-bond donors (Lipinski definition) is 7. The van der Waals surface area contributed by atoms with Crippen molar-refractivity contribution in [3.63, 3.8) is 0 Å². The highest BCUT2D eigenvalue weighted by Gasteiger charge is 2.54. The van der Waals surface area contributed by atoms with E-state index in [4.69, 9.17) is 20.7 Å². The number of anilines is 2. The van der Waals surface area contributed by atoms with Crippen LogP contribution in [0.2, 0.25) is 0 Å². The van der Waals surface area contributed by atoms with Gasteiger partial charge in [0.05, 0.1) is 42.6 Å². The lowest BCUT2D eigenvalue weighted by atomic mass is 10.1. The van der Waals surface area contributed by atoms with Crippen LogP contribution in [0.15, 0.2) is 23.8 Å². The molecular formula is C20H24FN10O7PS2. The molecular weight excluding hydrogens is 606 g/mol. The highest BCUT2D eigenvalue weighted by atomic mass is 32.7. The summed E-state index contributed by atoms with van der Waals surface area (Å²) in [7, 11) is 0. The summed E-state index contributed by atoms with van der Waals surface area (Å²) < 4.78 is 43.1. The van der Waals surface area contributed by atoms with Gasteiger partial charge in [-0.2, -0.15) is 4.98 Å². The first-order valence-corrected chi connectivity index (χ1v) is 15.8. The van der Waals surface area contributed by atoms with Crippen LogP contribution in [0.5, 0.6) is 0 Å². The lowest BCUT2D eigenvalue weighted by Crippen LogP contribution is -2.35. The number of thiol groups is 1. The molecule has 1 unspecified atom stereocenters. The number of ether oxygens (including phenoxy) is 1. The molecule has 2 saturated heterocycles. The second-order valence-electron chi connectivity index (χ2n) is 9.45. The zero-order valence-electron chi connectivity index (χ0n) is 20.7. The number of rotatable bonds is 7. The van der Waals surface area contributed by atoms with Gasteiger partial charge in [-0.3, -0.25) is 18.9 Å². The molecule has 0 saturated carbocycles. The summed E-state index contributed by atoms with van der Waals surface area (Å²) in [6.45, 7) is -5.16. The molecule has 4 aromatic rings. The van der Waals surface area contributed by atoms with Gasteiger partial charge in [0, 0.05) is 0 Å². The van der Waals surface area contributed by atoms with Crippen LogP contribution in [-0.2, 0) is 13.8 Å². The Bertz CT molecular complexity index is 1720. The average Bonchev–Trinajstić information content (AvgIpc) is 3.68. The molecule has 17 nitrogen and oxygen atoms in total. The van der Waals surface area contributed by atoms with Crippen molar-refractivity contribution in [3.05, 3.63) is 29.3 Å². The predicted molar refractivity (Wildman–Crippen MR) is 147 cm³/mol. The molecule has 0 aromatic carbocycles. The van der Waals surface area contributed by atoms with E-state index in [2.05, 4.69) is 42.2 Å². The van der Waals surface area contributed by atoms with Crippen molar-refractivity contribution in [2.45, 2.75) is 47.0 Å². The van der Waals surface area contributed by atoms with Crippen LogP contribution in [0.3, 0.4) is 0 Å². The van der Waals surface area contributed by atoms with E-state index in [0.29, 0.717) is 0 Å². The third-order valence-corrected chi connectivity index (χ3v) is 11.8. The fraction of sp³-hybridized carbons (Fsp3) is 0.500. The number of hydrogen-bond acceptors (Lipinski definition) is 15. The number of aromatic amines is 1. The summed E-state index contributed by atoms with van der Waals surface area (Å²) in [5.41, 5.74) is 10.1. The zero-order valence-corrected chi connectivity index (χ0v) is 23.3. The monoisotopic (exact) mass is 630 g/mol. The van der Waals surface area contributed by atoms with Crippen molar-refractivity contribution < 1.29 is 33.5 Å². The Labute approximate surface area is 238 Å². The lowest BCUT2D eigenvalue weighted by Gasteiger charge is -2.28. The number of thioether (sulfide) groups is 1. The van der Waals surface area contributed by atoms with E-state index in [1.165, 1.54) is 28.1 Å². The number of nitrogen functional groups attached to an aromatic ring is 2. The van der Waals surface area contributed by atoms with Crippen LogP contribution in [0.1, 0.15) is 11.6 Å². The second kappa shape index (κ2) is 10.5. The van der Waals surface area contributed by atoms with E-state index in [1.54, 1.807) is 0 Å². The minimum Gasteiger partial charge on any atom is -0.395 e. The largest absolute Gasteiger partial charge is 0.395 e. The summed E-state index contributed by atoms with van der Waals surface area (Å²) in [6.07, 6.45) is -3.97. The van der Waals surface area contributed by atoms with Gasteiger partial charge in [-0.1, -0.05) is 12.2 Å². The first-order chi connectivity index (χ1) is 19.5. The minimum atomic E-state index is -4.12. The van der Waals surface area contributed by atoms with Crippen molar-refractivity contribution >= 4 is 64.7 Å². The number of nitrogens with one attached hydrogen (secondary N) is 1. The molecule has 2 fully saturated rings. The molecule has 0 amide bonds. The maximum Gasteiger partial charge on any atom is 0.280 e. The number of fused-ring (bicyclic) bond motifs is 2. The van der Waals surface area contributed by atoms with Gasteiger partial charge in [-0.25, -0.2) is 24.3 Å². The quantitative estimate of drug-likeness (QED) is 0.0974. The van der Waals surface area contributed by atoms with Gasteiger partial charge in [0.25, 0.3) is 12.1 Å². The fourth-order valence-electron chi connectivity index (χ4n) is 4.98. The third-order valence-electron chi connectivity index (χ3n) is 7.00. The Balaban J connectivity index is 1.25. The van der Waals surface area contributed by atoms with Gasteiger partial charge in [0.15, 0.2) is 35.0 Å². The molecule has 9 atom stereocenters. The number of aliphatic hydroxyl groups excluding tert-OH is 3. The van der Waals surface area contributed by atoms with Crippen LogP contribution < -0.4 is 17.0 Å². The number of H-pyrrole nitrogens is 1. The first-order valence-electron chi connectivity index (χ1n) is 12.1. The summed E-state index contributed by atoms with van der Waals surface area (Å²) in [5, 5.41) is 29.7.